The van der Waals surface area contributed by atoms with Crippen molar-refractivity contribution < 1.29 is 13.3 Å². The van der Waals surface area contributed by atoms with E-state index in [4.69, 9.17) is 4.52 Å². The number of aromatic nitrogens is 1. The minimum absolute atomic E-state index is 0.440. The topological polar surface area (TPSA) is 29.3 Å². The van der Waals surface area contributed by atoms with E-state index in [1.807, 2.05) is 6.92 Å². The van der Waals surface area contributed by atoms with Crippen molar-refractivity contribution >= 4 is 0 Å². The smallest absolute Gasteiger partial charge is 0.253 e. The summed E-state index contributed by atoms with van der Waals surface area (Å²) in [7, 11) is 0. The number of nitrogens with zero attached hydrogens (tertiary/aromatic N) is 2. The first-order valence-corrected chi connectivity index (χ1v) is 5.11. The van der Waals surface area contributed by atoms with E-state index < -0.39 is 12.5 Å². The Morgan fingerprint density at radius 2 is 2.47 bits per heavy atom. The van der Waals surface area contributed by atoms with Crippen LogP contribution < -0.4 is 0 Å². The van der Waals surface area contributed by atoms with Crippen molar-refractivity contribution in [1.82, 2.24) is 10.1 Å². The van der Waals surface area contributed by atoms with Crippen LogP contribution in [0.3, 0.4) is 0 Å². The summed E-state index contributed by atoms with van der Waals surface area (Å²) in [6, 6.07) is 1.18. The zero-order chi connectivity index (χ0) is 10.8. The maximum Gasteiger partial charge on any atom is 0.253 e. The molecule has 1 aliphatic heterocycles. The number of halogens is 2. The van der Waals surface area contributed by atoms with Gasteiger partial charge in [0, 0.05) is 6.07 Å². The molecule has 15 heavy (non-hydrogen) atoms. The highest BCUT2D eigenvalue weighted by atomic mass is 19.3. The van der Waals surface area contributed by atoms with Crippen molar-refractivity contribution in [2.45, 2.75) is 38.8 Å². The van der Waals surface area contributed by atoms with E-state index in [9.17, 15) is 8.78 Å². The van der Waals surface area contributed by atoms with Gasteiger partial charge in [-0.05, 0) is 26.3 Å². The molecule has 1 atom stereocenters. The van der Waals surface area contributed by atoms with Gasteiger partial charge in [-0.15, -0.1) is 0 Å². The normalized spacial score (nSPS) is 22.8. The highest BCUT2D eigenvalue weighted by Crippen LogP contribution is 2.24. The van der Waals surface area contributed by atoms with Crippen LogP contribution in [0.5, 0.6) is 0 Å². The molecule has 2 rings (SSSR count). The number of alkyl halides is 2. The molecule has 0 aliphatic carbocycles. The molecule has 1 aromatic heterocycles. The highest BCUT2D eigenvalue weighted by molar-refractivity contribution is 5.03. The second kappa shape index (κ2) is 4.26. The van der Waals surface area contributed by atoms with Crippen molar-refractivity contribution in [3.05, 3.63) is 17.5 Å². The molecule has 2 heterocycles. The highest BCUT2D eigenvalue weighted by Gasteiger charge is 2.32. The molecule has 0 aromatic carbocycles. The van der Waals surface area contributed by atoms with Crippen LogP contribution in [0.2, 0.25) is 0 Å². The fraction of sp³-hybridized carbons (Fsp3) is 0.700. The first-order valence-electron chi connectivity index (χ1n) is 5.11. The van der Waals surface area contributed by atoms with Crippen molar-refractivity contribution in [2.24, 2.45) is 0 Å². The fourth-order valence-corrected chi connectivity index (χ4v) is 2.02. The van der Waals surface area contributed by atoms with Gasteiger partial charge in [0.05, 0.1) is 18.3 Å². The molecule has 5 heteroatoms. The lowest BCUT2D eigenvalue weighted by Crippen LogP contribution is -2.34. The number of likely N-dealkylation sites (tertiary alicyclic amines) is 1. The molecule has 0 saturated carbocycles. The summed E-state index contributed by atoms with van der Waals surface area (Å²) < 4.78 is 30.2. The summed E-state index contributed by atoms with van der Waals surface area (Å²) in [5, 5.41) is 3.74. The summed E-state index contributed by atoms with van der Waals surface area (Å²) in [5.74, 6) is 0.667. The lowest BCUT2D eigenvalue weighted by Gasteiger charge is -2.21. The molecule has 84 valence electrons. The molecule has 1 aliphatic rings. The summed E-state index contributed by atoms with van der Waals surface area (Å²) in [6.07, 6.45) is -0.857. The lowest BCUT2D eigenvalue weighted by atomic mass is 10.2. The maximum atomic E-state index is 12.6. The van der Waals surface area contributed by atoms with Crippen LogP contribution in [-0.2, 0) is 6.54 Å². The summed E-state index contributed by atoms with van der Waals surface area (Å²) in [6.45, 7) is 2.98. The Balaban J connectivity index is 1.99. The van der Waals surface area contributed by atoms with Gasteiger partial charge in [-0.1, -0.05) is 5.16 Å². The quantitative estimate of drug-likeness (QED) is 0.775. The van der Waals surface area contributed by atoms with Gasteiger partial charge in [-0.3, -0.25) is 4.90 Å². The van der Waals surface area contributed by atoms with Crippen molar-refractivity contribution in [1.29, 1.82) is 0 Å². The zero-order valence-electron chi connectivity index (χ0n) is 8.62. The van der Waals surface area contributed by atoms with Gasteiger partial charge >= 0.3 is 0 Å². The van der Waals surface area contributed by atoms with E-state index in [1.165, 1.54) is 0 Å². The first-order chi connectivity index (χ1) is 7.16. The molecule has 1 saturated heterocycles. The van der Waals surface area contributed by atoms with E-state index in [0.29, 0.717) is 18.7 Å². The zero-order valence-corrected chi connectivity index (χ0v) is 8.62. The maximum absolute atomic E-state index is 12.6. The van der Waals surface area contributed by atoms with Crippen LogP contribution in [0.4, 0.5) is 8.78 Å². The van der Waals surface area contributed by atoms with Crippen LogP contribution in [0, 0.1) is 6.92 Å². The Hall–Kier alpha value is -0.970. The molecule has 3 nitrogen and oxygen atoms in total. The third-order valence-corrected chi connectivity index (χ3v) is 2.74. The average Bonchev–Trinajstić information content (AvgIpc) is 2.75. The van der Waals surface area contributed by atoms with Crippen LogP contribution in [0.25, 0.3) is 0 Å². The Bertz CT molecular complexity index is 327. The van der Waals surface area contributed by atoms with Gasteiger partial charge in [0.1, 0.15) is 0 Å². The van der Waals surface area contributed by atoms with E-state index in [-0.39, 0.29) is 0 Å². The van der Waals surface area contributed by atoms with E-state index in [2.05, 4.69) is 5.16 Å². The Labute approximate surface area is 87.0 Å². The number of hydrogen-bond donors (Lipinski definition) is 0. The molecular weight excluding hydrogens is 202 g/mol. The molecule has 0 bridgehead atoms. The Kier molecular flexibility index (Phi) is 3.00. The largest absolute Gasteiger partial charge is 0.360 e. The van der Waals surface area contributed by atoms with Gasteiger partial charge in [0.2, 0.25) is 0 Å². The predicted molar refractivity (Wildman–Crippen MR) is 50.7 cm³/mol. The second-order valence-electron chi connectivity index (χ2n) is 3.95. The van der Waals surface area contributed by atoms with Crippen LogP contribution in [0.15, 0.2) is 10.6 Å². The molecule has 0 N–H and O–H groups in total. The van der Waals surface area contributed by atoms with Crippen molar-refractivity contribution in [3.8, 4) is 0 Å². The van der Waals surface area contributed by atoms with E-state index in [0.717, 1.165) is 18.7 Å². The van der Waals surface area contributed by atoms with Gasteiger partial charge in [0.25, 0.3) is 6.43 Å². The number of aryl methyl sites for hydroxylation is 1. The molecule has 0 radical (unpaired) electrons. The second-order valence-corrected chi connectivity index (χ2v) is 3.95. The Morgan fingerprint density at radius 1 is 1.67 bits per heavy atom. The van der Waals surface area contributed by atoms with Gasteiger partial charge in [-0.2, -0.15) is 0 Å². The molecule has 1 aromatic rings. The first kappa shape index (κ1) is 10.5. The van der Waals surface area contributed by atoms with Crippen LogP contribution >= 0.6 is 0 Å². The van der Waals surface area contributed by atoms with Crippen molar-refractivity contribution in [2.75, 3.05) is 6.54 Å². The minimum Gasteiger partial charge on any atom is -0.360 e. The average molecular weight is 216 g/mol. The standard InChI is InChI=1S/C10H14F2N2O/c1-7-5-8(15-13-7)6-14-4-2-3-9(14)10(11)12/h5,9-10H,2-4,6H2,1H3/t9-/m1/s1. The lowest BCUT2D eigenvalue weighted by molar-refractivity contribution is 0.0404. The van der Waals surface area contributed by atoms with Gasteiger partial charge < -0.3 is 4.52 Å². The van der Waals surface area contributed by atoms with E-state index in [1.54, 1.807) is 11.0 Å². The molecule has 0 unspecified atom stereocenters. The molecular formula is C10H14F2N2O. The van der Waals surface area contributed by atoms with Crippen LogP contribution in [0.1, 0.15) is 24.3 Å². The third-order valence-electron chi connectivity index (χ3n) is 2.74. The third kappa shape index (κ3) is 2.34. The van der Waals surface area contributed by atoms with Gasteiger partial charge in [0.15, 0.2) is 5.76 Å². The molecule has 1 fully saturated rings. The number of hydrogen-bond acceptors (Lipinski definition) is 3. The fourth-order valence-electron chi connectivity index (χ4n) is 2.02. The summed E-state index contributed by atoms with van der Waals surface area (Å²) in [4.78, 5) is 1.77. The van der Waals surface area contributed by atoms with Crippen LogP contribution in [-0.4, -0.2) is 29.1 Å². The predicted octanol–water partition coefficient (Wildman–Crippen LogP) is 2.21. The summed E-state index contributed by atoms with van der Waals surface area (Å²) in [5.41, 5.74) is 0.790. The van der Waals surface area contributed by atoms with Gasteiger partial charge in [-0.25, -0.2) is 8.78 Å². The SMILES string of the molecule is Cc1cc(CN2CCC[C@@H]2C(F)F)on1. The number of rotatable bonds is 3. The monoisotopic (exact) mass is 216 g/mol. The van der Waals surface area contributed by atoms with E-state index >= 15 is 0 Å². The Morgan fingerprint density at radius 3 is 3.07 bits per heavy atom. The van der Waals surface area contributed by atoms with Crippen molar-refractivity contribution in [3.63, 3.8) is 0 Å². The molecule has 0 amide bonds. The summed E-state index contributed by atoms with van der Waals surface area (Å²) >= 11 is 0. The minimum atomic E-state index is -2.27. The molecule has 0 spiro atoms.